The molecule has 3 unspecified atom stereocenters. The fourth-order valence-electron chi connectivity index (χ4n) is 2.84. The molecule has 0 spiro atoms. The van der Waals surface area contributed by atoms with Crippen LogP contribution in [0.15, 0.2) is 0 Å². The summed E-state index contributed by atoms with van der Waals surface area (Å²) in [5.41, 5.74) is 6.21. The minimum atomic E-state index is 0.262. The zero-order chi connectivity index (χ0) is 10.1. The van der Waals surface area contributed by atoms with Crippen LogP contribution in [-0.4, -0.2) is 31.1 Å². The van der Waals surface area contributed by atoms with Crippen LogP contribution in [0.25, 0.3) is 0 Å². The van der Waals surface area contributed by atoms with E-state index in [1.54, 1.807) is 0 Å². The summed E-state index contributed by atoms with van der Waals surface area (Å²) < 4.78 is 0. The lowest BCUT2D eigenvalue weighted by atomic mass is 9.67. The van der Waals surface area contributed by atoms with Crippen molar-refractivity contribution in [2.75, 3.05) is 20.6 Å². The Morgan fingerprint density at radius 1 is 1.38 bits per heavy atom. The maximum Gasteiger partial charge on any atom is 0.0353 e. The van der Waals surface area contributed by atoms with Gasteiger partial charge in [0.15, 0.2) is 0 Å². The van der Waals surface area contributed by atoms with Crippen LogP contribution in [0.1, 0.15) is 33.1 Å². The van der Waals surface area contributed by atoms with Crippen LogP contribution in [0, 0.1) is 11.8 Å². The summed E-state index contributed by atoms with van der Waals surface area (Å²) in [5.74, 6) is 1.54. The van der Waals surface area contributed by atoms with Crippen molar-refractivity contribution in [2.24, 2.45) is 17.6 Å². The van der Waals surface area contributed by atoms with Gasteiger partial charge in [0.1, 0.15) is 0 Å². The normalized spacial score (nSPS) is 41.1. The van der Waals surface area contributed by atoms with Crippen LogP contribution < -0.4 is 5.73 Å². The van der Waals surface area contributed by atoms with E-state index in [9.17, 15) is 0 Å². The predicted octanol–water partition coefficient (Wildman–Crippen LogP) is 1.70. The van der Waals surface area contributed by atoms with Gasteiger partial charge in [-0.15, -0.1) is 0 Å². The van der Waals surface area contributed by atoms with Gasteiger partial charge in [-0.3, -0.25) is 0 Å². The molecule has 0 saturated heterocycles. The van der Waals surface area contributed by atoms with E-state index in [-0.39, 0.29) is 5.54 Å². The molecule has 1 saturated carbocycles. The highest BCUT2D eigenvalue weighted by molar-refractivity contribution is 4.98. The van der Waals surface area contributed by atoms with Crippen molar-refractivity contribution < 1.29 is 0 Å². The maximum atomic E-state index is 5.95. The molecule has 1 aliphatic carbocycles. The monoisotopic (exact) mass is 184 g/mol. The zero-order valence-electron chi connectivity index (χ0n) is 9.51. The Hall–Kier alpha value is -0.0800. The standard InChI is InChI=1S/C11H24N2/c1-9-6-5-7-11(8-12,10(9)2)13(3)4/h9-10H,5-8,12H2,1-4H3. The molecule has 13 heavy (non-hydrogen) atoms. The van der Waals surface area contributed by atoms with Crippen LogP contribution in [0.2, 0.25) is 0 Å². The number of nitrogens with two attached hydrogens (primary N) is 1. The topological polar surface area (TPSA) is 29.3 Å². The van der Waals surface area contributed by atoms with Crippen molar-refractivity contribution >= 4 is 0 Å². The van der Waals surface area contributed by atoms with Gasteiger partial charge in [-0.25, -0.2) is 0 Å². The largest absolute Gasteiger partial charge is 0.329 e. The molecule has 2 heteroatoms. The van der Waals surface area contributed by atoms with Crippen LogP contribution in [0.5, 0.6) is 0 Å². The number of nitrogens with zero attached hydrogens (tertiary/aromatic N) is 1. The zero-order valence-corrected chi connectivity index (χ0v) is 9.51. The van der Waals surface area contributed by atoms with Gasteiger partial charge in [0.05, 0.1) is 0 Å². The summed E-state index contributed by atoms with van der Waals surface area (Å²) in [4.78, 5) is 2.34. The summed E-state index contributed by atoms with van der Waals surface area (Å²) in [7, 11) is 4.34. The Labute approximate surface area is 82.5 Å². The third-order valence-electron chi connectivity index (χ3n) is 4.21. The first-order chi connectivity index (χ1) is 6.04. The highest BCUT2D eigenvalue weighted by atomic mass is 15.2. The summed E-state index contributed by atoms with van der Waals surface area (Å²) in [5, 5.41) is 0. The van der Waals surface area contributed by atoms with E-state index >= 15 is 0 Å². The van der Waals surface area contributed by atoms with Crippen LogP contribution in [0.4, 0.5) is 0 Å². The van der Waals surface area contributed by atoms with Gasteiger partial charge in [-0.2, -0.15) is 0 Å². The fraction of sp³-hybridized carbons (Fsp3) is 1.00. The SMILES string of the molecule is CC1CCCC(CN)(N(C)C)C1C. The Bertz CT molecular complexity index is 167. The van der Waals surface area contributed by atoms with E-state index in [4.69, 9.17) is 5.73 Å². The van der Waals surface area contributed by atoms with Crippen LogP contribution in [0.3, 0.4) is 0 Å². The lowest BCUT2D eigenvalue weighted by molar-refractivity contribution is 0.0236. The van der Waals surface area contributed by atoms with E-state index in [0.29, 0.717) is 0 Å². The molecule has 3 atom stereocenters. The molecule has 0 aromatic carbocycles. The van der Waals surface area contributed by atoms with E-state index in [0.717, 1.165) is 18.4 Å². The van der Waals surface area contributed by atoms with E-state index < -0.39 is 0 Å². The van der Waals surface area contributed by atoms with Gasteiger partial charge >= 0.3 is 0 Å². The number of hydrogen-bond donors (Lipinski definition) is 1. The average Bonchev–Trinajstić information content (AvgIpc) is 2.09. The molecule has 0 radical (unpaired) electrons. The molecule has 0 aliphatic heterocycles. The molecule has 0 heterocycles. The predicted molar refractivity (Wildman–Crippen MR) is 57.7 cm³/mol. The lowest BCUT2D eigenvalue weighted by Gasteiger charge is -2.49. The van der Waals surface area contributed by atoms with Gasteiger partial charge in [0, 0.05) is 12.1 Å². The molecule has 1 rings (SSSR count). The van der Waals surface area contributed by atoms with Gasteiger partial charge < -0.3 is 10.6 Å². The number of hydrogen-bond acceptors (Lipinski definition) is 2. The van der Waals surface area contributed by atoms with Crippen molar-refractivity contribution in [1.82, 2.24) is 4.90 Å². The average molecular weight is 184 g/mol. The highest BCUT2D eigenvalue weighted by Crippen LogP contribution is 2.39. The van der Waals surface area contributed by atoms with Crippen molar-refractivity contribution in [1.29, 1.82) is 0 Å². The molecule has 0 aromatic heterocycles. The van der Waals surface area contributed by atoms with Gasteiger partial charge in [0.2, 0.25) is 0 Å². The van der Waals surface area contributed by atoms with Crippen LogP contribution >= 0.6 is 0 Å². The quantitative estimate of drug-likeness (QED) is 0.708. The molecule has 78 valence electrons. The third-order valence-corrected chi connectivity index (χ3v) is 4.21. The molecule has 0 aromatic rings. The third kappa shape index (κ3) is 1.75. The number of rotatable bonds is 2. The van der Waals surface area contributed by atoms with Crippen LogP contribution in [-0.2, 0) is 0 Å². The molecule has 2 nitrogen and oxygen atoms in total. The summed E-state index contributed by atoms with van der Waals surface area (Å²) >= 11 is 0. The van der Waals surface area contributed by atoms with Gasteiger partial charge in [-0.1, -0.05) is 26.7 Å². The second-order valence-corrected chi connectivity index (χ2v) is 4.86. The summed E-state index contributed by atoms with van der Waals surface area (Å²) in [6, 6.07) is 0. The molecule has 2 N–H and O–H groups in total. The first-order valence-electron chi connectivity index (χ1n) is 5.42. The van der Waals surface area contributed by atoms with Crippen molar-refractivity contribution in [3.8, 4) is 0 Å². The summed E-state index contributed by atoms with van der Waals surface area (Å²) in [6.07, 6.45) is 3.97. The maximum absolute atomic E-state index is 5.95. The smallest absolute Gasteiger partial charge is 0.0353 e. The Morgan fingerprint density at radius 3 is 2.38 bits per heavy atom. The van der Waals surface area contributed by atoms with Gasteiger partial charge in [-0.05, 0) is 32.4 Å². The minimum absolute atomic E-state index is 0.262. The summed E-state index contributed by atoms with van der Waals surface area (Å²) in [6.45, 7) is 5.51. The van der Waals surface area contributed by atoms with Crippen molar-refractivity contribution in [3.05, 3.63) is 0 Å². The van der Waals surface area contributed by atoms with E-state index in [1.807, 2.05) is 0 Å². The van der Waals surface area contributed by atoms with Crippen molar-refractivity contribution in [2.45, 2.75) is 38.6 Å². The van der Waals surface area contributed by atoms with E-state index in [1.165, 1.54) is 19.3 Å². The molecular weight excluding hydrogens is 160 g/mol. The molecule has 1 fully saturated rings. The van der Waals surface area contributed by atoms with Gasteiger partial charge in [0.25, 0.3) is 0 Å². The first-order valence-corrected chi connectivity index (χ1v) is 5.42. The lowest BCUT2D eigenvalue weighted by Crippen LogP contribution is -2.58. The molecule has 1 aliphatic rings. The highest BCUT2D eigenvalue weighted by Gasteiger charge is 2.41. The first kappa shape index (κ1) is 11.0. The minimum Gasteiger partial charge on any atom is -0.329 e. The molecule has 0 bridgehead atoms. The van der Waals surface area contributed by atoms with E-state index in [2.05, 4.69) is 32.8 Å². The Kier molecular flexibility index (Phi) is 3.36. The molecule has 0 amide bonds. The second-order valence-electron chi connectivity index (χ2n) is 4.86. The molecular formula is C11H24N2. The number of likely N-dealkylation sites (N-methyl/N-ethyl adjacent to an activating group) is 1. The second kappa shape index (κ2) is 3.97. The fourth-order valence-corrected chi connectivity index (χ4v) is 2.84. The Balaban J connectivity index is 2.83. The van der Waals surface area contributed by atoms with Crippen molar-refractivity contribution in [3.63, 3.8) is 0 Å². The Morgan fingerprint density at radius 2 is 2.00 bits per heavy atom.